The molecule has 6 nitrogen and oxygen atoms in total. The highest BCUT2D eigenvalue weighted by atomic mass is 16.2. The highest BCUT2D eigenvalue weighted by Gasteiger charge is 2.23. The number of nitrogens with two attached hydrogens (primary N) is 1. The molecule has 0 aromatic carbocycles. The molecule has 21 heavy (non-hydrogen) atoms. The molecule has 0 bridgehead atoms. The van der Waals surface area contributed by atoms with Crippen molar-refractivity contribution in [3.05, 3.63) is 0 Å². The fraction of sp³-hybridized carbons (Fsp3) is 0.867. The smallest absolute Gasteiger partial charge is 0.236 e. The Morgan fingerprint density at radius 2 is 1.48 bits per heavy atom. The van der Waals surface area contributed by atoms with Gasteiger partial charge in [0.1, 0.15) is 0 Å². The second kappa shape index (κ2) is 8.34. The molecule has 0 unspecified atom stereocenters. The van der Waals surface area contributed by atoms with Crippen LogP contribution in [0.15, 0.2) is 0 Å². The van der Waals surface area contributed by atoms with E-state index in [0.29, 0.717) is 19.5 Å². The number of nitrogens with zero attached hydrogens (tertiary/aromatic N) is 3. The van der Waals surface area contributed by atoms with Crippen LogP contribution in [-0.2, 0) is 9.59 Å². The van der Waals surface area contributed by atoms with Crippen LogP contribution in [0.25, 0.3) is 0 Å². The minimum absolute atomic E-state index is 0.202. The van der Waals surface area contributed by atoms with Gasteiger partial charge < -0.3 is 15.5 Å². The molecule has 2 aliphatic rings. The zero-order valence-corrected chi connectivity index (χ0v) is 12.9. The summed E-state index contributed by atoms with van der Waals surface area (Å²) in [6.07, 6.45) is 4.52. The van der Waals surface area contributed by atoms with E-state index in [0.717, 1.165) is 65.0 Å². The van der Waals surface area contributed by atoms with Gasteiger partial charge in [0.15, 0.2) is 0 Å². The lowest BCUT2D eigenvalue weighted by molar-refractivity contribution is -0.131. The van der Waals surface area contributed by atoms with Gasteiger partial charge in [0.25, 0.3) is 0 Å². The van der Waals surface area contributed by atoms with Crippen molar-refractivity contribution in [2.45, 2.75) is 32.1 Å². The normalized spacial score (nSPS) is 20.6. The first-order valence-electron chi connectivity index (χ1n) is 8.18. The fourth-order valence-electron chi connectivity index (χ4n) is 3.05. The van der Waals surface area contributed by atoms with Crippen LogP contribution in [0, 0.1) is 0 Å². The molecule has 2 saturated heterocycles. The average Bonchev–Trinajstić information content (AvgIpc) is 2.92. The van der Waals surface area contributed by atoms with Gasteiger partial charge >= 0.3 is 0 Å². The van der Waals surface area contributed by atoms with Crippen LogP contribution in [0.1, 0.15) is 32.1 Å². The predicted molar refractivity (Wildman–Crippen MR) is 81.7 cm³/mol. The summed E-state index contributed by atoms with van der Waals surface area (Å²) in [5.74, 6) is 0.448. The van der Waals surface area contributed by atoms with Gasteiger partial charge in [-0.25, -0.2) is 0 Å². The summed E-state index contributed by atoms with van der Waals surface area (Å²) in [5, 5.41) is 0. The summed E-state index contributed by atoms with van der Waals surface area (Å²) in [6, 6.07) is 0. The summed E-state index contributed by atoms with van der Waals surface area (Å²) in [4.78, 5) is 30.3. The second-order valence-electron chi connectivity index (χ2n) is 5.99. The zero-order chi connectivity index (χ0) is 15.1. The van der Waals surface area contributed by atoms with Crippen molar-refractivity contribution in [3.8, 4) is 0 Å². The molecule has 2 N–H and O–H groups in total. The van der Waals surface area contributed by atoms with Gasteiger partial charge in [0.2, 0.25) is 11.8 Å². The van der Waals surface area contributed by atoms with Gasteiger partial charge in [-0.05, 0) is 32.2 Å². The Morgan fingerprint density at radius 3 is 2.19 bits per heavy atom. The van der Waals surface area contributed by atoms with Crippen LogP contribution in [0.2, 0.25) is 0 Å². The maximum atomic E-state index is 12.2. The number of hydrogen-bond acceptors (Lipinski definition) is 4. The summed E-state index contributed by atoms with van der Waals surface area (Å²) in [6.45, 7) is 6.14. The van der Waals surface area contributed by atoms with Crippen molar-refractivity contribution in [1.82, 2.24) is 14.7 Å². The van der Waals surface area contributed by atoms with Crippen molar-refractivity contribution < 1.29 is 9.59 Å². The van der Waals surface area contributed by atoms with Crippen molar-refractivity contribution >= 4 is 11.8 Å². The van der Waals surface area contributed by atoms with E-state index < -0.39 is 0 Å². The first kappa shape index (κ1) is 16.2. The van der Waals surface area contributed by atoms with Crippen LogP contribution >= 0.6 is 0 Å². The third-order valence-electron chi connectivity index (χ3n) is 4.35. The van der Waals surface area contributed by atoms with Crippen molar-refractivity contribution in [1.29, 1.82) is 0 Å². The lowest BCUT2D eigenvalue weighted by atomic mass is 10.2. The fourth-order valence-corrected chi connectivity index (χ4v) is 3.05. The molecule has 2 aliphatic heterocycles. The highest BCUT2D eigenvalue weighted by Crippen LogP contribution is 2.10. The molecule has 0 atom stereocenters. The van der Waals surface area contributed by atoms with Gasteiger partial charge in [-0.2, -0.15) is 0 Å². The van der Waals surface area contributed by atoms with Crippen LogP contribution in [-0.4, -0.2) is 78.9 Å². The minimum atomic E-state index is 0.202. The maximum absolute atomic E-state index is 12.2. The van der Waals surface area contributed by atoms with Crippen LogP contribution in [0.3, 0.4) is 0 Å². The third-order valence-corrected chi connectivity index (χ3v) is 4.35. The molecule has 120 valence electrons. The van der Waals surface area contributed by atoms with Gasteiger partial charge in [-0.3, -0.25) is 14.5 Å². The van der Waals surface area contributed by atoms with Crippen molar-refractivity contribution in [3.63, 3.8) is 0 Å². The number of carbonyl (C=O) groups excluding carboxylic acids is 2. The maximum Gasteiger partial charge on any atom is 0.236 e. The van der Waals surface area contributed by atoms with Crippen molar-refractivity contribution in [2.24, 2.45) is 5.73 Å². The minimum Gasteiger partial charge on any atom is -0.342 e. The van der Waals surface area contributed by atoms with E-state index in [2.05, 4.69) is 4.90 Å². The summed E-state index contributed by atoms with van der Waals surface area (Å²) in [7, 11) is 0. The Balaban J connectivity index is 1.75. The second-order valence-corrected chi connectivity index (χ2v) is 5.99. The number of amides is 2. The molecular weight excluding hydrogens is 268 g/mol. The first-order chi connectivity index (χ1) is 10.2. The Hall–Kier alpha value is -1.14. The van der Waals surface area contributed by atoms with Crippen LogP contribution in [0.5, 0.6) is 0 Å². The summed E-state index contributed by atoms with van der Waals surface area (Å²) < 4.78 is 0. The van der Waals surface area contributed by atoms with E-state index >= 15 is 0 Å². The molecule has 2 fully saturated rings. The Bertz CT molecular complexity index is 356. The molecule has 0 aromatic rings. The van der Waals surface area contributed by atoms with E-state index in [9.17, 15) is 9.59 Å². The molecule has 2 amide bonds. The average molecular weight is 296 g/mol. The third kappa shape index (κ3) is 4.97. The molecule has 0 spiro atoms. The van der Waals surface area contributed by atoms with Crippen LogP contribution < -0.4 is 5.73 Å². The lowest BCUT2D eigenvalue weighted by Gasteiger charge is -2.24. The predicted octanol–water partition coefficient (Wildman–Crippen LogP) is -0.118. The molecular formula is C15H28N4O2. The Kier molecular flexibility index (Phi) is 6.45. The molecule has 0 aliphatic carbocycles. The molecule has 2 heterocycles. The largest absolute Gasteiger partial charge is 0.342 e. The summed E-state index contributed by atoms with van der Waals surface area (Å²) in [5.41, 5.74) is 5.45. The molecule has 0 saturated carbocycles. The standard InChI is InChI=1S/C15H28N4O2/c16-6-3-5-14(20)19-10-4-7-17(11-12-19)13-15(21)18-8-1-2-9-18/h1-13,16H2. The van der Waals surface area contributed by atoms with Gasteiger partial charge in [0, 0.05) is 45.7 Å². The van der Waals surface area contributed by atoms with E-state index in [1.807, 2.05) is 9.80 Å². The topological polar surface area (TPSA) is 69.9 Å². The number of hydrogen-bond donors (Lipinski definition) is 1. The van der Waals surface area contributed by atoms with Gasteiger partial charge in [-0.1, -0.05) is 0 Å². The monoisotopic (exact) mass is 296 g/mol. The number of likely N-dealkylation sites (tertiary alicyclic amines) is 1. The quantitative estimate of drug-likeness (QED) is 0.768. The van der Waals surface area contributed by atoms with E-state index in [-0.39, 0.29) is 11.8 Å². The first-order valence-corrected chi connectivity index (χ1v) is 8.18. The Morgan fingerprint density at radius 1 is 0.810 bits per heavy atom. The van der Waals surface area contributed by atoms with Gasteiger partial charge in [0.05, 0.1) is 6.54 Å². The van der Waals surface area contributed by atoms with Crippen LogP contribution in [0.4, 0.5) is 0 Å². The lowest BCUT2D eigenvalue weighted by Crippen LogP contribution is -2.41. The SMILES string of the molecule is NCCCC(=O)N1CCCN(CC(=O)N2CCCC2)CC1. The molecule has 0 radical (unpaired) electrons. The van der Waals surface area contributed by atoms with E-state index in [4.69, 9.17) is 5.73 Å². The Labute approximate surface area is 127 Å². The highest BCUT2D eigenvalue weighted by molar-refractivity contribution is 5.78. The number of carbonyl (C=O) groups is 2. The van der Waals surface area contributed by atoms with Crippen molar-refractivity contribution in [2.75, 3.05) is 52.4 Å². The van der Waals surface area contributed by atoms with Gasteiger partial charge in [-0.15, -0.1) is 0 Å². The zero-order valence-electron chi connectivity index (χ0n) is 12.9. The van der Waals surface area contributed by atoms with E-state index in [1.54, 1.807) is 0 Å². The molecule has 0 aromatic heterocycles. The van der Waals surface area contributed by atoms with E-state index in [1.165, 1.54) is 0 Å². The molecule has 6 heteroatoms. The number of rotatable bonds is 5. The molecule has 2 rings (SSSR count). The summed E-state index contributed by atoms with van der Waals surface area (Å²) >= 11 is 0.